The molecule has 5 heteroatoms. The van der Waals surface area contributed by atoms with Crippen molar-refractivity contribution >= 4 is 16.7 Å². The van der Waals surface area contributed by atoms with E-state index in [1.807, 2.05) is 24.5 Å². The number of likely N-dealkylation sites (tertiary alicyclic amines) is 1. The van der Waals surface area contributed by atoms with E-state index < -0.39 is 5.41 Å². The highest BCUT2D eigenvalue weighted by atomic mass is 19.1. The number of amides is 1. The SMILES string of the molecule is O=C(N1CCCC(Cc2ccc3cnccc3c2)CC1)C1(Cc2ccccc2F)CCOCC1. The van der Waals surface area contributed by atoms with Crippen molar-refractivity contribution in [2.24, 2.45) is 11.3 Å². The average Bonchev–Trinajstić information content (AvgIpc) is 3.11. The maximum absolute atomic E-state index is 14.5. The Morgan fingerprint density at radius 1 is 1.06 bits per heavy atom. The monoisotopic (exact) mass is 460 g/mol. The van der Waals surface area contributed by atoms with Crippen LogP contribution in [0.1, 0.15) is 43.2 Å². The number of aromatic nitrogens is 1. The average molecular weight is 461 g/mol. The first-order chi connectivity index (χ1) is 16.6. The molecule has 4 nitrogen and oxygen atoms in total. The van der Waals surface area contributed by atoms with Crippen molar-refractivity contribution in [1.29, 1.82) is 0 Å². The van der Waals surface area contributed by atoms with Crippen molar-refractivity contribution < 1.29 is 13.9 Å². The fraction of sp³-hybridized carbons (Fsp3) is 0.448. The predicted molar refractivity (Wildman–Crippen MR) is 132 cm³/mol. The van der Waals surface area contributed by atoms with Crippen LogP contribution >= 0.6 is 0 Å². The Bertz CT molecular complexity index is 1140. The molecule has 2 aliphatic heterocycles. The van der Waals surface area contributed by atoms with Crippen LogP contribution in [0.4, 0.5) is 4.39 Å². The molecule has 2 aromatic carbocycles. The van der Waals surface area contributed by atoms with E-state index in [2.05, 4.69) is 34.1 Å². The fourth-order valence-corrected chi connectivity index (χ4v) is 5.74. The number of halogens is 1. The summed E-state index contributed by atoms with van der Waals surface area (Å²) in [6, 6.07) is 15.6. The third-order valence-electron chi connectivity index (χ3n) is 7.75. The first kappa shape index (κ1) is 23.0. The second kappa shape index (κ2) is 10.2. The summed E-state index contributed by atoms with van der Waals surface area (Å²) >= 11 is 0. The lowest BCUT2D eigenvalue weighted by molar-refractivity contribution is -0.148. The van der Waals surface area contributed by atoms with E-state index in [-0.39, 0.29) is 11.7 Å². The molecule has 1 amide bonds. The van der Waals surface area contributed by atoms with Crippen molar-refractivity contribution in [1.82, 2.24) is 9.88 Å². The number of rotatable bonds is 5. The van der Waals surface area contributed by atoms with Crippen LogP contribution in [0, 0.1) is 17.2 Å². The summed E-state index contributed by atoms with van der Waals surface area (Å²) in [6.45, 7) is 2.70. The largest absolute Gasteiger partial charge is 0.381 e. The summed E-state index contributed by atoms with van der Waals surface area (Å²) in [6.07, 6.45) is 9.70. The lowest BCUT2D eigenvalue weighted by Crippen LogP contribution is -2.48. The molecule has 1 unspecified atom stereocenters. The Labute approximate surface area is 201 Å². The van der Waals surface area contributed by atoms with Crippen molar-refractivity contribution in [2.45, 2.75) is 44.9 Å². The number of nitrogens with zero attached hydrogens (tertiary/aromatic N) is 2. The molecule has 3 aromatic rings. The standard InChI is InChI=1S/C29H33FN2O2/c30-27-6-2-1-5-25(27)20-29(11-16-34-17-12-29)28(33)32-14-3-4-22(10-15-32)18-23-7-8-26-21-31-13-9-24(26)19-23/h1-2,5-9,13,19,21-22H,3-4,10-12,14-18,20H2. The molecule has 0 N–H and O–H groups in total. The van der Waals surface area contributed by atoms with Crippen molar-refractivity contribution in [3.05, 3.63) is 77.9 Å². The summed E-state index contributed by atoms with van der Waals surface area (Å²) in [5.74, 6) is 0.537. The zero-order chi connectivity index (χ0) is 23.4. The van der Waals surface area contributed by atoms with Crippen LogP contribution < -0.4 is 0 Å². The normalized spacial score (nSPS) is 20.7. The quantitative estimate of drug-likeness (QED) is 0.499. The van der Waals surface area contributed by atoms with Gasteiger partial charge in [0, 0.05) is 44.1 Å². The lowest BCUT2D eigenvalue weighted by atomic mass is 9.74. The van der Waals surface area contributed by atoms with Crippen LogP contribution in [0.25, 0.3) is 10.8 Å². The molecule has 5 rings (SSSR count). The summed E-state index contributed by atoms with van der Waals surface area (Å²) in [7, 11) is 0. The fourth-order valence-electron chi connectivity index (χ4n) is 5.74. The van der Waals surface area contributed by atoms with E-state index in [1.165, 1.54) is 22.4 Å². The minimum absolute atomic E-state index is 0.193. The van der Waals surface area contributed by atoms with Crippen molar-refractivity contribution in [3.8, 4) is 0 Å². The van der Waals surface area contributed by atoms with Crippen LogP contribution in [0.3, 0.4) is 0 Å². The van der Waals surface area contributed by atoms with E-state index in [1.54, 1.807) is 6.07 Å². The smallest absolute Gasteiger partial charge is 0.229 e. The number of pyridine rings is 1. The van der Waals surface area contributed by atoms with Crippen LogP contribution in [0.15, 0.2) is 60.9 Å². The molecule has 1 atom stereocenters. The van der Waals surface area contributed by atoms with Crippen LogP contribution in [-0.4, -0.2) is 42.1 Å². The van der Waals surface area contributed by atoms with E-state index in [0.29, 0.717) is 44.0 Å². The van der Waals surface area contributed by atoms with Gasteiger partial charge in [0.15, 0.2) is 0 Å². The van der Waals surface area contributed by atoms with Crippen LogP contribution in [0.5, 0.6) is 0 Å². The third kappa shape index (κ3) is 5.00. The van der Waals surface area contributed by atoms with Crippen molar-refractivity contribution in [2.75, 3.05) is 26.3 Å². The third-order valence-corrected chi connectivity index (χ3v) is 7.75. The van der Waals surface area contributed by atoms with Gasteiger partial charge in [-0.15, -0.1) is 0 Å². The van der Waals surface area contributed by atoms with Gasteiger partial charge in [0.1, 0.15) is 5.82 Å². The van der Waals surface area contributed by atoms with Gasteiger partial charge in [-0.25, -0.2) is 4.39 Å². The van der Waals surface area contributed by atoms with Crippen LogP contribution in [0.2, 0.25) is 0 Å². The van der Waals surface area contributed by atoms with Gasteiger partial charge in [0.2, 0.25) is 5.91 Å². The van der Waals surface area contributed by atoms with Gasteiger partial charge in [-0.2, -0.15) is 0 Å². The van der Waals surface area contributed by atoms with Gasteiger partial charge in [-0.05, 0) is 79.5 Å². The number of carbonyl (C=O) groups excluding carboxylic acids is 1. The Hall–Kier alpha value is -2.79. The van der Waals surface area contributed by atoms with E-state index in [4.69, 9.17) is 4.74 Å². The molecule has 3 heterocycles. The maximum Gasteiger partial charge on any atom is 0.229 e. The maximum atomic E-state index is 14.5. The molecule has 0 spiro atoms. The van der Waals surface area contributed by atoms with Gasteiger partial charge in [-0.3, -0.25) is 9.78 Å². The predicted octanol–water partition coefficient (Wildman–Crippen LogP) is 5.58. The molecule has 2 saturated heterocycles. The van der Waals surface area contributed by atoms with Gasteiger partial charge < -0.3 is 9.64 Å². The molecule has 0 radical (unpaired) electrons. The van der Waals surface area contributed by atoms with E-state index in [9.17, 15) is 9.18 Å². The zero-order valence-corrected chi connectivity index (χ0v) is 19.7. The second-order valence-electron chi connectivity index (χ2n) is 10.0. The van der Waals surface area contributed by atoms with E-state index in [0.717, 1.165) is 38.8 Å². The molecule has 178 valence electrons. The molecular weight excluding hydrogens is 427 g/mol. The van der Waals surface area contributed by atoms with E-state index >= 15 is 0 Å². The summed E-state index contributed by atoms with van der Waals surface area (Å²) in [5, 5.41) is 2.40. The lowest BCUT2D eigenvalue weighted by Gasteiger charge is -2.40. The number of ether oxygens (including phenoxy) is 1. The Morgan fingerprint density at radius 3 is 2.76 bits per heavy atom. The highest BCUT2D eigenvalue weighted by Gasteiger charge is 2.43. The Balaban J connectivity index is 1.27. The van der Waals surface area contributed by atoms with Gasteiger partial charge >= 0.3 is 0 Å². The minimum atomic E-state index is -0.563. The summed E-state index contributed by atoms with van der Waals surface area (Å²) < 4.78 is 20.1. The minimum Gasteiger partial charge on any atom is -0.381 e. The number of hydrogen-bond donors (Lipinski definition) is 0. The number of carbonyl (C=O) groups is 1. The van der Waals surface area contributed by atoms with Gasteiger partial charge in [0.05, 0.1) is 5.41 Å². The molecular formula is C29H33FN2O2. The number of benzene rings is 2. The first-order valence-electron chi connectivity index (χ1n) is 12.6. The molecule has 0 saturated carbocycles. The molecule has 0 bridgehead atoms. The van der Waals surface area contributed by atoms with Crippen LogP contribution in [-0.2, 0) is 22.4 Å². The number of hydrogen-bond acceptors (Lipinski definition) is 3. The second-order valence-corrected chi connectivity index (χ2v) is 10.0. The molecule has 1 aromatic heterocycles. The molecule has 0 aliphatic carbocycles. The zero-order valence-electron chi connectivity index (χ0n) is 19.7. The Kier molecular flexibility index (Phi) is 6.91. The van der Waals surface area contributed by atoms with Crippen molar-refractivity contribution in [3.63, 3.8) is 0 Å². The highest BCUT2D eigenvalue weighted by molar-refractivity contribution is 5.83. The summed E-state index contributed by atoms with van der Waals surface area (Å²) in [4.78, 5) is 20.2. The highest BCUT2D eigenvalue weighted by Crippen LogP contribution is 2.38. The molecule has 2 fully saturated rings. The number of fused-ring (bicyclic) bond motifs is 1. The molecule has 2 aliphatic rings. The van der Waals surface area contributed by atoms with Gasteiger partial charge in [-0.1, -0.05) is 36.4 Å². The Morgan fingerprint density at radius 2 is 1.91 bits per heavy atom. The van der Waals surface area contributed by atoms with Gasteiger partial charge in [0.25, 0.3) is 0 Å². The first-order valence-corrected chi connectivity index (χ1v) is 12.6. The summed E-state index contributed by atoms with van der Waals surface area (Å²) in [5.41, 5.74) is 1.42. The molecule has 34 heavy (non-hydrogen) atoms. The topological polar surface area (TPSA) is 42.4 Å².